The third-order valence-electron chi connectivity index (χ3n) is 8.64. The van der Waals surface area contributed by atoms with E-state index in [2.05, 4.69) is 140 Å². The summed E-state index contributed by atoms with van der Waals surface area (Å²) in [7, 11) is 0. The minimum absolute atomic E-state index is 0.133. The number of ether oxygens (including phenoxy) is 1. The summed E-state index contributed by atoms with van der Waals surface area (Å²) in [5.74, 6) is 1.74. The van der Waals surface area contributed by atoms with E-state index in [0.29, 0.717) is 11.8 Å². The largest absolute Gasteiger partial charge is 0.485 e. The summed E-state index contributed by atoms with van der Waals surface area (Å²) in [5.41, 5.74) is 7.88. The van der Waals surface area contributed by atoms with Gasteiger partial charge in [0, 0.05) is 17.4 Å². The van der Waals surface area contributed by atoms with Crippen LogP contribution < -0.4 is 4.74 Å². The van der Waals surface area contributed by atoms with Gasteiger partial charge in [-0.25, -0.2) is 0 Å². The number of hydrogen-bond donors (Lipinski definition) is 0. The lowest BCUT2D eigenvalue weighted by Crippen LogP contribution is -2.22. The second-order valence-electron chi connectivity index (χ2n) is 10.7. The predicted octanol–water partition coefficient (Wildman–Crippen LogP) is 9.92. The van der Waals surface area contributed by atoms with Crippen molar-refractivity contribution in [2.45, 2.75) is 24.4 Å². The quantitative estimate of drug-likeness (QED) is 0.173. The number of hydrogen-bond acceptors (Lipinski definition) is 1. The van der Waals surface area contributed by atoms with Crippen molar-refractivity contribution in [3.63, 3.8) is 0 Å². The normalized spacial score (nSPS) is 19.5. The highest BCUT2D eigenvalue weighted by Gasteiger charge is 2.37. The first-order chi connectivity index (χ1) is 19.4. The molecule has 0 amide bonds. The molecule has 0 radical (unpaired) electrons. The molecule has 3 unspecified atom stereocenters. The van der Waals surface area contributed by atoms with Crippen molar-refractivity contribution in [2.24, 2.45) is 0 Å². The van der Waals surface area contributed by atoms with E-state index in [1.807, 2.05) is 0 Å². The molecule has 2 aliphatic rings. The number of rotatable bonds is 3. The van der Waals surface area contributed by atoms with Crippen LogP contribution >= 0.6 is 0 Å². The number of benzene rings is 6. The molecule has 0 N–H and O–H groups in total. The Hall–Kier alpha value is -4.62. The summed E-state index contributed by atoms with van der Waals surface area (Å²) in [6.45, 7) is 0. The van der Waals surface area contributed by atoms with Gasteiger partial charge in [0.15, 0.2) is 0 Å². The van der Waals surface area contributed by atoms with Gasteiger partial charge in [-0.15, -0.1) is 0 Å². The first-order valence-corrected chi connectivity index (χ1v) is 13.9. The topological polar surface area (TPSA) is 9.23 Å². The molecule has 0 bridgehead atoms. The number of allylic oxidation sites excluding steroid dienone is 1. The second-order valence-corrected chi connectivity index (χ2v) is 10.7. The summed E-state index contributed by atoms with van der Waals surface area (Å²) in [6, 6.07) is 46.2. The first kappa shape index (κ1) is 22.4. The molecular formula is C38H28O. The van der Waals surface area contributed by atoms with E-state index < -0.39 is 0 Å². The van der Waals surface area contributed by atoms with Crippen LogP contribution in [0.2, 0.25) is 0 Å². The van der Waals surface area contributed by atoms with E-state index in [4.69, 9.17) is 4.74 Å². The van der Waals surface area contributed by atoms with Gasteiger partial charge >= 0.3 is 0 Å². The Bertz CT molecular complexity index is 1820. The van der Waals surface area contributed by atoms with E-state index >= 15 is 0 Å². The SMILES string of the molecule is C1=CC2Oc3ccccc3C2CC1c1c2ccccc2c(-c2ccccc2-c2ccccc2)c2ccccc12. The van der Waals surface area contributed by atoms with Crippen molar-refractivity contribution in [2.75, 3.05) is 0 Å². The second kappa shape index (κ2) is 8.99. The van der Waals surface area contributed by atoms with Gasteiger partial charge in [0.1, 0.15) is 11.9 Å². The molecule has 6 aromatic rings. The van der Waals surface area contributed by atoms with Crippen molar-refractivity contribution in [1.82, 2.24) is 0 Å². The zero-order valence-corrected chi connectivity index (χ0v) is 21.6. The summed E-state index contributed by atoms with van der Waals surface area (Å²) in [5, 5.41) is 5.31. The van der Waals surface area contributed by atoms with Crippen LogP contribution in [0.3, 0.4) is 0 Å². The van der Waals surface area contributed by atoms with E-state index in [-0.39, 0.29) is 6.10 Å². The van der Waals surface area contributed by atoms with Crippen LogP contribution in [0.1, 0.15) is 29.4 Å². The monoisotopic (exact) mass is 500 g/mol. The highest BCUT2D eigenvalue weighted by atomic mass is 16.5. The summed E-state index contributed by atoms with van der Waals surface area (Å²) < 4.78 is 6.32. The Balaban J connectivity index is 1.38. The number of para-hydroxylation sites is 1. The number of fused-ring (bicyclic) bond motifs is 5. The molecule has 1 heterocycles. The standard InChI is InChI=1S/C38H28O/c1-2-12-25(13-3-1)27-14-4-5-16-29(27)38-32-19-8-6-17-30(32)37(31-18-7-9-20-33(31)38)26-22-23-36-34(24-26)28-15-10-11-21-35(28)39-36/h1-23,26,34,36H,24H2. The maximum atomic E-state index is 6.32. The molecule has 0 saturated heterocycles. The molecule has 8 rings (SSSR count). The maximum absolute atomic E-state index is 6.32. The van der Waals surface area contributed by atoms with Crippen LogP contribution in [0.15, 0.2) is 140 Å². The van der Waals surface area contributed by atoms with Crippen LogP contribution in [0.25, 0.3) is 43.8 Å². The van der Waals surface area contributed by atoms with Gasteiger partial charge in [0.2, 0.25) is 0 Å². The van der Waals surface area contributed by atoms with Crippen molar-refractivity contribution in [1.29, 1.82) is 0 Å². The molecule has 1 nitrogen and oxygen atoms in total. The van der Waals surface area contributed by atoms with Crippen LogP contribution in [0.5, 0.6) is 5.75 Å². The van der Waals surface area contributed by atoms with Gasteiger partial charge in [-0.2, -0.15) is 0 Å². The van der Waals surface area contributed by atoms with Gasteiger partial charge < -0.3 is 4.74 Å². The van der Waals surface area contributed by atoms with Gasteiger partial charge in [0.25, 0.3) is 0 Å². The van der Waals surface area contributed by atoms with Crippen LogP contribution in [-0.4, -0.2) is 6.10 Å². The Labute approximate surface area is 229 Å². The lowest BCUT2D eigenvalue weighted by Gasteiger charge is -2.29. The lowest BCUT2D eigenvalue weighted by atomic mass is 9.75. The molecule has 1 aliphatic heterocycles. The third-order valence-corrected chi connectivity index (χ3v) is 8.64. The van der Waals surface area contributed by atoms with E-state index in [9.17, 15) is 0 Å². The van der Waals surface area contributed by atoms with Gasteiger partial charge in [0.05, 0.1) is 0 Å². The molecule has 0 saturated carbocycles. The molecular weight excluding hydrogens is 472 g/mol. The fourth-order valence-electron chi connectivity index (χ4n) is 6.97. The van der Waals surface area contributed by atoms with Gasteiger partial charge in [-0.05, 0) is 67.9 Å². The van der Waals surface area contributed by atoms with E-state index in [1.165, 1.54) is 54.9 Å². The average molecular weight is 501 g/mol. The van der Waals surface area contributed by atoms with E-state index in [0.717, 1.165) is 12.2 Å². The van der Waals surface area contributed by atoms with Crippen molar-refractivity contribution >= 4 is 21.5 Å². The highest BCUT2D eigenvalue weighted by Crippen LogP contribution is 2.51. The van der Waals surface area contributed by atoms with Crippen molar-refractivity contribution in [3.8, 4) is 28.0 Å². The van der Waals surface area contributed by atoms with Crippen molar-refractivity contribution < 1.29 is 4.74 Å². The molecule has 186 valence electrons. The maximum Gasteiger partial charge on any atom is 0.124 e. The zero-order valence-electron chi connectivity index (χ0n) is 21.6. The molecule has 6 aromatic carbocycles. The van der Waals surface area contributed by atoms with Crippen LogP contribution in [0, 0.1) is 0 Å². The lowest BCUT2D eigenvalue weighted by molar-refractivity contribution is 0.240. The van der Waals surface area contributed by atoms with E-state index in [1.54, 1.807) is 0 Å². The average Bonchev–Trinajstić information content (AvgIpc) is 3.38. The molecule has 0 spiro atoms. The smallest absolute Gasteiger partial charge is 0.124 e. The molecule has 0 fully saturated rings. The van der Waals surface area contributed by atoms with Gasteiger partial charge in [-0.3, -0.25) is 0 Å². The predicted molar refractivity (Wildman–Crippen MR) is 162 cm³/mol. The molecule has 0 aromatic heterocycles. The summed E-state index contributed by atoms with van der Waals surface area (Å²) >= 11 is 0. The summed E-state index contributed by atoms with van der Waals surface area (Å²) in [6.07, 6.45) is 5.89. The Kier molecular flexibility index (Phi) is 5.16. The van der Waals surface area contributed by atoms with Crippen molar-refractivity contribution in [3.05, 3.63) is 151 Å². The Morgan fingerprint density at radius 3 is 1.85 bits per heavy atom. The molecule has 39 heavy (non-hydrogen) atoms. The Morgan fingerprint density at radius 2 is 1.10 bits per heavy atom. The third kappa shape index (κ3) is 3.54. The summed E-state index contributed by atoms with van der Waals surface area (Å²) in [4.78, 5) is 0. The molecule has 3 atom stereocenters. The minimum atomic E-state index is 0.133. The highest BCUT2D eigenvalue weighted by molar-refractivity contribution is 6.17. The fourth-order valence-corrected chi connectivity index (χ4v) is 6.97. The van der Waals surface area contributed by atoms with Gasteiger partial charge in [-0.1, -0.05) is 127 Å². The first-order valence-electron chi connectivity index (χ1n) is 13.9. The molecule has 1 heteroatoms. The fraction of sp³-hybridized carbons (Fsp3) is 0.105. The Morgan fingerprint density at radius 1 is 0.513 bits per heavy atom. The minimum Gasteiger partial charge on any atom is -0.485 e. The molecule has 1 aliphatic carbocycles. The van der Waals surface area contributed by atoms with Crippen LogP contribution in [0.4, 0.5) is 0 Å². The zero-order chi connectivity index (χ0) is 25.8. The van der Waals surface area contributed by atoms with Crippen LogP contribution in [-0.2, 0) is 0 Å².